The smallest absolute Gasteiger partial charge is 0.313 e. The molecule has 3 atom stereocenters. The van der Waals surface area contributed by atoms with Gasteiger partial charge < -0.3 is 24.4 Å². The van der Waals surface area contributed by atoms with Crippen molar-refractivity contribution in [3.05, 3.63) is 0 Å². The Morgan fingerprint density at radius 3 is 1.23 bits per heavy atom. The summed E-state index contributed by atoms with van der Waals surface area (Å²) in [6.07, 6.45) is -2.71. The molecule has 0 aliphatic carbocycles. The molecule has 0 spiro atoms. The van der Waals surface area contributed by atoms with E-state index >= 15 is 0 Å². The minimum absolute atomic E-state index is 0. The first kappa shape index (κ1) is 83.2. The molecule has 0 aromatic carbocycles. The number of aliphatic hydroxyl groups is 2. The lowest BCUT2D eigenvalue weighted by molar-refractivity contribution is -0.168. The molecule has 0 rings (SSSR count). The van der Waals surface area contributed by atoms with E-state index in [1.165, 1.54) is 0 Å². The van der Waals surface area contributed by atoms with Crippen LogP contribution in [-0.4, -0.2) is 65.4 Å². The van der Waals surface area contributed by atoms with Crippen LogP contribution in [-0.2, 0) is 33.4 Å². The van der Waals surface area contributed by atoms with E-state index in [0.29, 0.717) is 12.8 Å². The van der Waals surface area contributed by atoms with Crippen molar-refractivity contribution in [1.29, 1.82) is 0 Å². The van der Waals surface area contributed by atoms with Crippen LogP contribution in [0.5, 0.6) is 0 Å². The molecule has 0 aromatic heterocycles. The normalized spacial score (nSPS) is 9.67. The maximum absolute atomic E-state index is 11.8. The van der Waals surface area contributed by atoms with E-state index in [-0.39, 0.29) is 121 Å². The Hall–Kier alpha value is -2.00. The van der Waals surface area contributed by atoms with Gasteiger partial charge in [0.2, 0.25) is 0 Å². The Morgan fingerprint density at radius 2 is 0.897 bits per heavy atom. The summed E-state index contributed by atoms with van der Waals surface area (Å²) < 4.78 is 14.9. The molecular formula is C30H78O9. The van der Waals surface area contributed by atoms with Gasteiger partial charge in [0.1, 0.15) is 25.4 Å². The molecule has 252 valence electrons. The summed E-state index contributed by atoms with van der Waals surface area (Å²) in [6, 6.07) is 0. The summed E-state index contributed by atoms with van der Waals surface area (Å²) in [5, 5.41) is 18.9. The maximum Gasteiger partial charge on any atom is 0.313 e. The topological polar surface area (TPSA) is 136 Å². The third-order valence-corrected chi connectivity index (χ3v) is 3.64. The second-order valence-corrected chi connectivity index (χ2v) is 6.08. The molecule has 0 bridgehead atoms. The van der Waals surface area contributed by atoms with Crippen LogP contribution >= 0.6 is 0 Å². The zero-order valence-electron chi connectivity index (χ0n) is 16.1. The highest BCUT2D eigenvalue weighted by Crippen LogP contribution is 2.06. The van der Waals surface area contributed by atoms with Crippen LogP contribution in [0, 0.1) is 0 Å². The zero-order valence-corrected chi connectivity index (χ0v) is 16.1. The average Bonchev–Trinajstić information content (AvgIpc) is 2.63. The van der Waals surface area contributed by atoms with Gasteiger partial charge in [0.25, 0.3) is 0 Å². The van der Waals surface area contributed by atoms with Crippen LogP contribution < -0.4 is 0 Å². The highest BCUT2D eigenvalue weighted by molar-refractivity contribution is 5.95. The number of hydrogen-bond donors (Lipinski definition) is 2. The van der Waals surface area contributed by atoms with Crippen LogP contribution in [0.2, 0.25) is 0 Å². The highest BCUT2D eigenvalue weighted by Gasteiger charge is 2.22. The van der Waals surface area contributed by atoms with Crippen molar-refractivity contribution < 1.29 is 43.6 Å². The van der Waals surface area contributed by atoms with E-state index in [9.17, 15) is 29.4 Å². The maximum atomic E-state index is 11.8. The monoisotopic (exact) mass is 583 g/mol. The molecule has 39 heavy (non-hydrogen) atoms. The first-order valence-corrected chi connectivity index (χ1v) is 9.10. The number of hydrogen-bond acceptors (Lipinski definition) is 9. The number of carbonyl (C=O) groups is 4. The molecule has 9 nitrogen and oxygen atoms in total. The molecule has 0 aliphatic heterocycles. The number of aliphatic hydroxyl groups excluding tert-OH is 2. The number of Topliss-reactive ketones (excluding diaryl/α,β-unsaturated/α-hetero) is 1. The van der Waals surface area contributed by atoms with Gasteiger partial charge >= 0.3 is 17.9 Å². The second kappa shape index (κ2) is 49.0. The molecule has 0 radical (unpaired) electrons. The van der Waals surface area contributed by atoms with Gasteiger partial charge in [0.15, 0.2) is 6.10 Å². The van der Waals surface area contributed by atoms with Gasteiger partial charge in [-0.1, -0.05) is 110 Å². The van der Waals surface area contributed by atoms with Crippen molar-refractivity contribution in [2.75, 3.05) is 13.2 Å². The Labute approximate surface area is 247 Å². The molecule has 0 aromatic rings. The first-order valence-electron chi connectivity index (χ1n) is 9.10. The Morgan fingerprint density at radius 1 is 0.564 bits per heavy atom. The minimum Gasteiger partial charge on any atom is -0.462 e. The van der Waals surface area contributed by atoms with Crippen molar-refractivity contribution in [1.82, 2.24) is 0 Å². The predicted octanol–water partition coefficient (Wildman–Crippen LogP) is 8.31. The Kier molecular flexibility index (Phi) is 105. The third kappa shape index (κ3) is 46.2. The number of rotatable bonds is 14. The fraction of sp³-hybridized carbons (Fsp3) is 0.867. The third-order valence-electron chi connectivity index (χ3n) is 3.64. The molecule has 0 fully saturated rings. The number of esters is 3. The Bertz CT molecular complexity index is 495. The SMILES string of the molecule is C.C.C.C.C.C.C.C.C.C.C.C.CCC(=O)CC(=O)OCC(COC(=O)CC(O)CC)OC(=O)CC(O)CC. The largest absolute Gasteiger partial charge is 0.462 e. The lowest BCUT2D eigenvalue weighted by atomic mass is 10.2. The van der Waals surface area contributed by atoms with Crippen LogP contribution in [0.25, 0.3) is 0 Å². The van der Waals surface area contributed by atoms with E-state index in [4.69, 9.17) is 14.2 Å². The summed E-state index contributed by atoms with van der Waals surface area (Å²) in [5.41, 5.74) is 0. The summed E-state index contributed by atoms with van der Waals surface area (Å²) in [5.74, 6) is -2.49. The zero-order chi connectivity index (χ0) is 20.8. The van der Waals surface area contributed by atoms with Gasteiger partial charge in [0, 0.05) is 6.42 Å². The van der Waals surface area contributed by atoms with Gasteiger partial charge in [-0.3, -0.25) is 19.2 Å². The summed E-state index contributed by atoms with van der Waals surface area (Å²) >= 11 is 0. The van der Waals surface area contributed by atoms with Gasteiger partial charge in [-0.25, -0.2) is 0 Å². The highest BCUT2D eigenvalue weighted by atomic mass is 16.6. The van der Waals surface area contributed by atoms with Gasteiger partial charge in [-0.15, -0.1) is 0 Å². The summed E-state index contributed by atoms with van der Waals surface area (Å²) in [4.78, 5) is 46.3. The van der Waals surface area contributed by atoms with Gasteiger partial charge in [-0.2, -0.15) is 0 Å². The predicted molar refractivity (Wildman–Crippen MR) is 174 cm³/mol. The fourth-order valence-electron chi connectivity index (χ4n) is 1.79. The van der Waals surface area contributed by atoms with Crippen LogP contribution in [0.4, 0.5) is 0 Å². The van der Waals surface area contributed by atoms with Gasteiger partial charge in [-0.05, 0) is 12.8 Å². The quantitative estimate of drug-likeness (QED) is 0.118. The van der Waals surface area contributed by atoms with E-state index in [0.717, 1.165) is 0 Å². The molecule has 3 unspecified atom stereocenters. The number of ether oxygens (including phenoxy) is 3. The number of ketones is 1. The van der Waals surface area contributed by atoms with E-state index in [1.54, 1.807) is 20.8 Å². The molecule has 0 amide bonds. The second-order valence-electron chi connectivity index (χ2n) is 6.08. The summed E-state index contributed by atoms with van der Waals surface area (Å²) in [7, 11) is 0. The molecule has 9 heteroatoms. The lowest BCUT2D eigenvalue weighted by Crippen LogP contribution is -2.32. The van der Waals surface area contributed by atoms with Crippen LogP contribution in [0.3, 0.4) is 0 Å². The molecule has 2 N–H and O–H groups in total. The van der Waals surface area contributed by atoms with E-state index in [2.05, 4.69) is 0 Å². The lowest BCUT2D eigenvalue weighted by Gasteiger charge is -2.19. The van der Waals surface area contributed by atoms with Crippen molar-refractivity contribution in [2.24, 2.45) is 0 Å². The fourth-order valence-corrected chi connectivity index (χ4v) is 1.79. The van der Waals surface area contributed by atoms with Crippen LogP contribution in [0.1, 0.15) is 148 Å². The average molecular weight is 583 g/mol. The first-order chi connectivity index (χ1) is 12.7. The molecule has 0 saturated carbocycles. The van der Waals surface area contributed by atoms with Crippen molar-refractivity contribution >= 4 is 23.7 Å². The molecule has 0 saturated heterocycles. The van der Waals surface area contributed by atoms with Crippen molar-refractivity contribution in [3.8, 4) is 0 Å². The van der Waals surface area contributed by atoms with Gasteiger partial charge in [0.05, 0.1) is 25.0 Å². The Balaban J connectivity index is -0.0000000512. The van der Waals surface area contributed by atoms with E-state index < -0.39 is 49.2 Å². The van der Waals surface area contributed by atoms with E-state index in [1.807, 2.05) is 0 Å². The van der Waals surface area contributed by atoms with Crippen molar-refractivity contribution in [3.63, 3.8) is 0 Å². The van der Waals surface area contributed by atoms with Crippen molar-refractivity contribution in [2.45, 2.75) is 167 Å². The standard InChI is InChI=1S/C18H30O9.12CH4/c1-4-12(19)7-16(22)25-10-15(27-18(24)9-14(21)6-3)11-26-17(23)8-13(20)5-2;;;;;;;;;;;;/h12,14-15,19,21H,4-11H2,1-3H3;12*1H4. The van der Waals surface area contributed by atoms with Crippen LogP contribution in [0.15, 0.2) is 0 Å². The summed E-state index contributed by atoms with van der Waals surface area (Å²) in [6.45, 7) is 4.25. The minimum atomic E-state index is -1.08. The molecule has 0 aliphatic rings. The molecule has 0 heterocycles. The molecular weight excluding hydrogens is 504 g/mol. The number of carbonyl (C=O) groups excluding carboxylic acids is 4.